The maximum Gasteiger partial charge on any atom is 0.291 e. The first-order chi connectivity index (χ1) is 13.0. The Bertz CT molecular complexity index is 966. The summed E-state index contributed by atoms with van der Waals surface area (Å²) in [5.41, 5.74) is 6.66. The molecule has 0 atom stereocenters. The standard InChI is InChI=1S/C20H17N3O4/c1-13-9-10-15(12-16(13)21-20(26)17-8-5-11-27-17)19(25)23-22-18(24)14-6-3-2-4-7-14/h2-12H,1H3,(H,21,26)(H,22,24)(H,23,25). The molecule has 3 aromatic rings. The van der Waals surface area contributed by atoms with Gasteiger partial charge in [-0.1, -0.05) is 24.3 Å². The topological polar surface area (TPSA) is 100 Å². The second-order valence-electron chi connectivity index (χ2n) is 5.74. The Kier molecular flexibility index (Phi) is 5.32. The van der Waals surface area contributed by atoms with Crippen LogP contribution in [0.15, 0.2) is 71.3 Å². The molecule has 0 aliphatic carbocycles. The van der Waals surface area contributed by atoms with Crippen molar-refractivity contribution in [2.75, 3.05) is 5.32 Å². The van der Waals surface area contributed by atoms with Crippen LogP contribution in [0.2, 0.25) is 0 Å². The highest BCUT2D eigenvalue weighted by Crippen LogP contribution is 2.18. The van der Waals surface area contributed by atoms with E-state index >= 15 is 0 Å². The molecule has 3 amide bonds. The molecule has 0 bridgehead atoms. The number of carbonyl (C=O) groups excluding carboxylic acids is 3. The van der Waals surface area contributed by atoms with Gasteiger partial charge in [-0.05, 0) is 48.9 Å². The molecule has 0 saturated heterocycles. The number of carbonyl (C=O) groups is 3. The van der Waals surface area contributed by atoms with Gasteiger partial charge in [-0.25, -0.2) is 0 Å². The van der Waals surface area contributed by atoms with Gasteiger partial charge in [0.05, 0.1) is 6.26 Å². The minimum absolute atomic E-state index is 0.166. The summed E-state index contributed by atoms with van der Waals surface area (Å²) in [6.07, 6.45) is 1.40. The maximum atomic E-state index is 12.3. The Morgan fingerprint density at radius 2 is 1.48 bits per heavy atom. The molecule has 0 radical (unpaired) electrons. The number of amides is 3. The average molecular weight is 363 g/mol. The molecular weight excluding hydrogens is 346 g/mol. The van der Waals surface area contributed by atoms with Crippen LogP contribution in [0.1, 0.15) is 36.8 Å². The molecule has 7 heteroatoms. The summed E-state index contributed by atoms with van der Waals surface area (Å²) < 4.78 is 5.05. The van der Waals surface area contributed by atoms with Gasteiger partial charge in [0.2, 0.25) is 0 Å². The second kappa shape index (κ2) is 8.01. The predicted molar refractivity (Wildman–Crippen MR) is 99.2 cm³/mol. The van der Waals surface area contributed by atoms with E-state index in [-0.39, 0.29) is 11.3 Å². The molecule has 1 aromatic heterocycles. The van der Waals surface area contributed by atoms with Crippen LogP contribution < -0.4 is 16.2 Å². The van der Waals surface area contributed by atoms with E-state index < -0.39 is 17.7 Å². The molecule has 0 saturated carbocycles. The van der Waals surface area contributed by atoms with Gasteiger partial charge >= 0.3 is 0 Å². The van der Waals surface area contributed by atoms with E-state index in [4.69, 9.17) is 4.42 Å². The molecule has 0 fully saturated rings. The Labute approximate surface area is 155 Å². The number of nitrogens with one attached hydrogen (secondary N) is 3. The normalized spacial score (nSPS) is 10.1. The highest BCUT2D eigenvalue weighted by molar-refractivity contribution is 6.04. The van der Waals surface area contributed by atoms with Crippen molar-refractivity contribution in [2.45, 2.75) is 6.92 Å². The van der Waals surface area contributed by atoms with Crippen molar-refractivity contribution >= 4 is 23.4 Å². The summed E-state index contributed by atoms with van der Waals surface area (Å²) in [6, 6.07) is 16.5. The van der Waals surface area contributed by atoms with Crippen LogP contribution in [0, 0.1) is 6.92 Å². The Morgan fingerprint density at radius 3 is 2.15 bits per heavy atom. The Balaban J connectivity index is 1.66. The molecule has 27 heavy (non-hydrogen) atoms. The predicted octanol–water partition coefficient (Wildman–Crippen LogP) is 2.92. The lowest BCUT2D eigenvalue weighted by atomic mass is 10.1. The molecule has 7 nitrogen and oxygen atoms in total. The molecular formula is C20H17N3O4. The number of hydrazine groups is 1. The summed E-state index contributed by atoms with van der Waals surface area (Å²) in [5, 5.41) is 2.70. The lowest BCUT2D eigenvalue weighted by molar-refractivity contribution is 0.0846. The largest absolute Gasteiger partial charge is 0.459 e. The maximum absolute atomic E-state index is 12.3. The highest BCUT2D eigenvalue weighted by Gasteiger charge is 2.14. The van der Waals surface area contributed by atoms with Crippen LogP contribution in [0.25, 0.3) is 0 Å². The molecule has 136 valence electrons. The summed E-state index contributed by atoms with van der Waals surface area (Å²) in [7, 11) is 0. The lowest BCUT2D eigenvalue weighted by Gasteiger charge is -2.11. The number of hydrogen-bond donors (Lipinski definition) is 3. The molecule has 0 spiro atoms. The fraction of sp³-hybridized carbons (Fsp3) is 0.0500. The van der Waals surface area contributed by atoms with Gasteiger partial charge in [-0.3, -0.25) is 25.2 Å². The van der Waals surface area contributed by atoms with E-state index in [1.807, 2.05) is 0 Å². The summed E-state index contributed by atoms with van der Waals surface area (Å²) >= 11 is 0. The van der Waals surface area contributed by atoms with E-state index in [9.17, 15) is 14.4 Å². The van der Waals surface area contributed by atoms with E-state index in [0.29, 0.717) is 11.3 Å². The van der Waals surface area contributed by atoms with E-state index in [1.165, 1.54) is 12.3 Å². The number of rotatable bonds is 4. The van der Waals surface area contributed by atoms with E-state index in [1.54, 1.807) is 61.5 Å². The minimum Gasteiger partial charge on any atom is -0.459 e. The minimum atomic E-state index is -0.507. The van der Waals surface area contributed by atoms with Gasteiger partial charge in [0.1, 0.15) is 0 Å². The molecule has 0 aliphatic rings. The molecule has 2 aromatic carbocycles. The number of aryl methyl sites for hydroxylation is 1. The van der Waals surface area contributed by atoms with Gasteiger partial charge in [0.15, 0.2) is 5.76 Å². The lowest BCUT2D eigenvalue weighted by Crippen LogP contribution is -2.41. The first kappa shape index (κ1) is 17.9. The van der Waals surface area contributed by atoms with Crippen LogP contribution in [0.5, 0.6) is 0 Å². The molecule has 3 N–H and O–H groups in total. The fourth-order valence-electron chi connectivity index (χ4n) is 2.34. The number of anilines is 1. The number of furan rings is 1. The zero-order valence-electron chi connectivity index (χ0n) is 14.5. The molecule has 3 rings (SSSR count). The number of hydrogen-bond acceptors (Lipinski definition) is 4. The van der Waals surface area contributed by atoms with Gasteiger partial charge in [-0.15, -0.1) is 0 Å². The highest BCUT2D eigenvalue weighted by atomic mass is 16.3. The third kappa shape index (κ3) is 4.40. The van der Waals surface area contributed by atoms with Gasteiger partial charge < -0.3 is 9.73 Å². The first-order valence-corrected chi connectivity index (χ1v) is 8.16. The van der Waals surface area contributed by atoms with Crippen molar-refractivity contribution in [1.82, 2.24) is 10.9 Å². The summed E-state index contributed by atoms with van der Waals surface area (Å²) in [4.78, 5) is 36.4. The van der Waals surface area contributed by atoms with E-state index in [2.05, 4.69) is 16.2 Å². The fourth-order valence-corrected chi connectivity index (χ4v) is 2.34. The average Bonchev–Trinajstić information content (AvgIpc) is 3.23. The van der Waals surface area contributed by atoms with Gasteiger partial charge in [-0.2, -0.15) is 0 Å². The second-order valence-corrected chi connectivity index (χ2v) is 5.74. The zero-order chi connectivity index (χ0) is 19.2. The third-order valence-electron chi connectivity index (χ3n) is 3.82. The monoisotopic (exact) mass is 363 g/mol. The van der Waals surface area contributed by atoms with Crippen LogP contribution >= 0.6 is 0 Å². The van der Waals surface area contributed by atoms with Crippen molar-refractivity contribution in [3.8, 4) is 0 Å². The molecule has 1 heterocycles. The smallest absolute Gasteiger partial charge is 0.291 e. The SMILES string of the molecule is Cc1ccc(C(=O)NNC(=O)c2ccccc2)cc1NC(=O)c1ccco1. The third-order valence-corrected chi connectivity index (χ3v) is 3.82. The quantitative estimate of drug-likeness (QED) is 0.621. The van der Waals surface area contributed by atoms with Crippen LogP contribution in [0.4, 0.5) is 5.69 Å². The van der Waals surface area contributed by atoms with Crippen LogP contribution in [-0.4, -0.2) is 17.7 Å². The zero-order valence-corrected chi connectivity index (χ0v) is 14.5. The van der Waals surface area contributed by atoms with Crippen LogP contribution in [0.3, 0.4) is 0 Å². The van der Waals surface area contributed by atoms with Crippen molar-refractivity contribution in [2.24, 2.45) is 0 Å². The van der Waals surface area contributed by atoms with Crippen molar-refractivity contribution in [3.05, 3.63) is 89.4 Å². The van der Waals surface area contributed by atoms with E-state index in [0.717, 1.165) is 5.56 Å². The van der Waals surface area contributed by atoms with Crippen molar-refractivity contribution < 1.29 is 18.8 Å². The first-order valence-electron chi connectivity index (χ1n) is 8.16. The van der Waals surface area contributed by atoms with Crippen molar-refractivity contribution in [3.63, 3.8) is 0 Å². The molecule has 0 aliphatic heterocycles. The summed E-state index contributed by atoms with van der Waals surface area (Å²) in [5.74, 6) is -1.19. The Morgan fingerprint density at radius 1 is 0.778 bits per heavy atom. The van der Waals surface area contributed by atoms with Gasteiger partial charge in [0.25, 0.3) is 17.7 Å². The summed E-state index contributed by atoms with van der Waals surface area (Å²) in [6.45, 7) is 1.80. The van der Waals surface area contributed by atoms with Crippen molar-refractivity contribution in [1.29, 1.82) is 0 Å². The number of benzene rings is 2. The van der Waals surface area contributed by atoms with Crippen LogP contribution in [-0.2, 0) is 0 Å². The molecule has 0 unspecified atom stereocenters. The van der Waals surface area contributed by atoms with Gasteiger partial charge in [0, 0.05) is 16.8 Å². The Hall–Kier alpha value is -3.87.